The molecule has 3 rings (SSSR count). The Kier molecular flexibility index (Phi) is 5.38. The number of hydrogen-bond acceptors (Lipinski definition) is 4. The molecule has 6 nitrogen and oxygen atoms in total. The van der Waals surface area contributed by atoms with E-state index in [1.54, 1.807) is 27.2 Å². The molecule has 0 saturated carbocycles. The number of allylic oxidation sites excluding steroid dienone is 1. The Morgan fingerprint density at radius 1 is 1.07 bits per heavy atom. The molecule has 0 N–H and O–H groups in total. The zero-order valence-electron chi connectivity index (χ0n) is 17.9. The fraction of sp³-hybridized carbons (Fsp3) is 0.304. The van der Waals surface area contributed by atoms with Gasteiger partial charge < -0.3 is 18.9 Å². The first-order valence-electron chi connectivity index (χ1n) is 9.34. The third-order valence-electron chi connectivity index (χ3n) is 5.40. The Morgan fingerprint density at radius 2 is 1.76 bits per heavy atom. The van der Waals surface area contributed by atoms with Gasteiger partial charge in [-0.2, -0.15) is 0 Å². The van der Waals surface area contributed by atoms with Gasteiger partial charge in [-0.05, 0) is 63.1 Å². The monoisotopic (exact) mass is 394 g/mol. The van der Waals surface area contributed by atoms with Crippen molar-refractivity contribution in [1.82, 2.24) is 9.47 Å². The van der Waals surface area contributed by atoms with Crippen molar-refractivity contribution in [2.24, 2.45) is 0 Å². The average Bonchev–Trinajstić information content (AvgIpc) is 3.09. The second-order valence-corrected chi connectivity index (χ2v) is 7.21. The van der Waals surface area contributed by atoms with E-state index in [1.807, 2.05) is 39.0 Å². The lowest BCUT2D eigenvalue weighted by atomic mass is 10.0. The highest BCUT2D eigenvalue weighted by atomic mass is 16.5. The van der Waals surface area contributed by atoms with Crippen LogP contribution in [0.5, 0.6) is 5.75 Å². The number of likely N-dealkylation sites (N-methyl/N-ethyl adjacent to an activating group) is 1. The van der Waals surface area contributed by atoms with Crippen molar-refractivity contribution in [3.63, 3.8) is 0 Å². The third kappa shape index (κ3) is 3.35. The van der Waals surface area contributed by atoms with Crippen molar-refractivity contribution in [3.8, 4) is 11.4 Å². The number of aryl methyl sites for hydroxylation is 2. The molecule has 0 bridgehead atoms. The summed E-state index contributed by atoms with van der Waals surface area (Å²) in [4.78, 5) is 26.5. The number of nitrogens with zero attached hydrogens (tertiary/aromatic N) is 2. The van der Waals surface area contributed by atoms with Gasteiger partial charge in [0.05, 0.1) is 31.1 Å². The smallest absolute Gasteiger partial charge is 0.340 e. The second kappa shape index (κ2) is 7.62. The van der Waals surface area contributed by atoms with Gasteiger partial charge in [-0.3, -0.25) is 4.79 Å². The van der Waals surface area contributed by atoms with Crippen molar-refractivity contribution >= 4 is 18.0 Å². The molecular formula is C23H26N2O4. The molecule has 29 heavy (non-hydrogen) atoms. The Morgan fingerprint density at radius 3 is 2.38 bits per heavy atom. The van der Waals surface area contributed by atoms with Crippen LogP contribution in [0.3, 0.4) is 0 Å². The molecule has 2 heterocycles. The van der Waals surface area contributed by atoms with E-state index in [-0.39, 0.29) is 5.91 Å². The molecule has 6 heteroatoms. The van der Waals surface area contributed by atoms with Crippen LogP contribution in [-0.4, -0.2) is 42.6 Å². The average molecular weight is 394 g/mol. The van der Waals surface area contributed by atoms with Crippen LogP contribution in [0.1, 0.15) is 29.4 Å². The lowest BCUT2D eigenvalue weighted by molar-refractivity contribution is -0.136. The summed E-state index contributed by atoms with van der Waals surface area (Å²) < 4.78 is 12.5. The highest BCUT2D eigenvalue weighted by Gasteiger charge is 2.35. The van der Waals surface area contributed by atoms with E-state index in [9.17, 15) is 9.59 Å². The van der Waals surface area contributed by atoms with Crippen molar-refractivity contribution < 1.29 is 19.1 Å². The number of methoxy groups -OCH3 is 2. The summed E-state index contributed by atoms with van der Waals surface area (Å²) >= 11 is 0. The van der Waals surface area contributed by atoms with Crippen LogP contribution in [-0.2, 0) is 14.3 Å². The minimum Gasteiger partial charge on any atom is -0.495 e. The fourth-order valence-electron chi connectivity index (χ4n) is 3.73. The number of ether oxygens (including phenoxy) is 2. The van der Waals surface area contributed by atoms with E-state index < -0.39 is 5.97 Å². The quantitative estimate of drug-likeness (QED) is 0.586. The predicted molar refractivity (Wildman–Crippen MR) is 112 cm³/mol. The number of benzene rings is 1. The molecule has 0 atom stereocenters. The van der Waals surface area contributed by atoms with Crippen LogP contribution < -0.4 is 4.74 Å². The van der Waals surface area contributed by atoms with Crippen LogP contribution in [0, 0.1) is 20.8 Å². The summed E-state index contributed by atoms with van der Waals surface area (Å²) in [6.45, 7) is 7.76. The zero-order valence-corrected chi connectivity index (χ0v) is 17.9. The number of carbonyl (C=O) groups is 2. The molecule has 0 saturated heterocycles. The Bertz CT molecular complexity index is 1070. The lowest BCUT2D eigenvalue weighted by Gasteiger charge is -2.15. The van der Waals surface area contributed by atoms with Crippen LogP contribution in [0.25, 0.3) is 11.8 Å². The lowest BCUT2D eigenvalue weighted by Crippen LogP contribution is -2.19. The Labute approximate surface area is 171 Å². The number of carbonyl (C=O) groups excluding carboxylic acids is 2. The normalized spacial score (nSPS) is 15.5. The fourth-order valence-corrected chi connectivity index (χ4v) is 3.73. The van der Waals surface area contributed by atoms with E-state index in [2.05, 4.69) is 10.6 Å². The van der Waals surface area contributed by atoms with Crippen LogP contribution in [0.4, 0.5) is 0 Å². The molecule has 1 aromatic carbocycles. The maximum Gasteiger partial charge on any atom is 0.340 e. The van der Waals surface area contributed by atoms with Gasteiger partial charge >= 0.3 is 5.97 Å². The number of hydrogen-bond donors (Lipinski definition) is 0. The first kappa shape index (κ1) is 20.5. The van der Waals surface area contributed by atoms with E-state index in [0.717, 1.165) is 34.0 Å². The molecular weight excluding hydrogens is 368 g/mol. The van der Waals surface area contributed by atoms with E-state index in [1.165, 1.54) is 12.0 Å². The molecule has 1 aliphatic heterocycles. The minimum atomic E-state index is -0.513. The maximum absolute atomic E-state index is 12.8. The number of esters is 1. The van der Waals surface area contributed by atoms with E-state index in [0.29, 0.717) is 16.8 Å². The molecule has 0 radical (unpaired) electrons. The molecule has 1 aromatic heterocycles. The van der Waals surface area contributed by atoms with E-state index >= 15 is 0 Å². The first-order valence-corrected chi connectivity index (χ1v) is 9.34. The molecule has 0 unspecified atom stereocenters. The van der Waals surface area contributed by atoms with Crippen molar-refractivity contribution in [1.29, 1.82) is 0 Å². The van der Waals surface area contributed by atoms with Crippen molar-refractivity contribution in [3.05, 3.63) is 63.6 Å². The first-order chi connectivity index (χ1) is 13.7. The van der Waals surface area contributed by atoms with Crippen LogP contribution in [0.15, 0.2) is 41.1 Å². The molecule has 152 valence electrons. The van der Waals surface area contributed by atoms with Crippen LogP contribution in [0.2, 0.25) is 0 Å². The van der Waals surface area contributed by atoms with Gasteiger partial charge in [0.15, 0.2) is 0 Å². The van der Waals surface area contributed by atoms with Gasteiger partial charge in [0, 0.05) is 24.1 Å². The summed E-state index contributed by atoms with van der Waals surface area (Å²) in [5.41, 5.74) is 6.09. The largest absolute Gasteiger partial charge is 0.495 e. The SMILES string of the molecule is COC(=O)C1=C(C)N(C)C(=O)/C1=C\c1cc(C)n(-c2cc(C)ccc2OC)c1C. The summed E-state index contributed by atoms with van der Waals surface area (Å²) in [6, 6.07) is 8.01. The van der Waals surface area contributed by atoms with Crippen molar-refractivity contribution in [2.45, 2.75) is 27.7 Å². The van der Waals surface area contributed by atoms with Gasteiger partial charge in [0.1, 0.15) is 5.75 Å². The Balaban J connectivity index is 2.18. The maximum atomic E-state index is 12.8. The number of amides is 1. The predicted octanol–water partition coefficient (Wildman–Crippen LogP) is 3.71. The van der Waals surface area contributed by atoms with Gasteiger partial charge in [-0.15, -0.1) is 0 Å². The molecule has 1 aliphatic rings. The molecule has 0 fully saturated rings. The van der Waals surface area contributed by atoms with Crippen LogP contribution >= 0.6 is 0 Å². The summed E-state index contributed by atoms with van der Waals surface area (Å²) in [7, 11) is 4.62. The standard InChI is InChI=1S/C23H26N2O4/c1-13-8-9-20(28-6)19(10-13)25-14(2)11-17(15(25)3)12-18-21(23(27)29-7)16(4)24(5)22(18)26/h8-12H,1-7H3/b18-12-. The summed E-state index contributed by atoms with van der Waals surface area (Å²) in [6.07, 6.45) is 1.77. The molecule has 0 spiro atoms. The molecule has 1 amide bonds. The minimum absolute atomic E-state index is 0.221. The number of rotatable bonds is 4. The Hall–Kier alpha value is -3.28. The third-order valence-corrected chi connectivity index (χ3v) is 5.40. The zero-order chi connectivity index (χ0) is 21.5. The van der Waals surface area contributed by atoms with Gasteiger partial charge in [0.25, 0.3) is 5.91 Å². The van der Waals surface area contributed by atoms with Gasteiger partial charge in [0.2, 0.25) is 0 Å². The van der Waals surface area contributed by atoms with E-state index in [4.69, 9.17) is 9.47 Å². The highest BCUT2D eigenvalue weighted by Crippen LogP contribution is 2.33. The topological polar surface area (TPSA) is 60.8 Å². The van der Waals surface area contributed by atoms with Crippen molar-refractivity contribution in [2.75, 3.05) is 21.3 Å². The number of aromatic nitrogens is 1. The summed E-state index contributed by atoms with van der Waals surface area (Å²) in [5.74, 6) is 0.0284. The molecule has 0 aliphatic carbocycles. The van der Waals surface area contributed by atoms with Gasteiger partial charge in [-0.1, -0.05) is 6.07 Å². The molecule has 2 aromatic rings. The summed E-state index contributed by atoms with van der Waals surface area (Å²) in [5, 5.41) is 0. The van der Waals surface area contributed by atoms with Gasteiger partial charge in [-0.25, -0.2) is 4.79 Å². The second-order valence-electron chi connectivity index (χ2n) is 7.21. The highest BCUT2D eigenvalue weighted by molar-refractivity contribution is 6.16.